The summed E-state index contributed by atoms with van der Waals surface area (Å²) < 4.78 is 0.771. The van der Waals surface area contributed by atoms with Crippen molar-refractivity contribution in [2.75, 3.05) is 13.7 Å². The number of amides is 1. The molecule has 1 aromatic rings. The van der Waals surface area contributed by atoms with Gasteiger partial charge in [-0.25, -0.2) is 0 Å². The quantitative estimate of drug-likeness (QED) is 0.816. The summed E-state index contributed by atoms with van der Waals surface area (Å²) in [5, 5.41) is 20.0. The number of carbonyl (C=O) groups excluding carboxylic acids is 1. The van der Waals surface area contributed by atoms with Gasteiger partial charge < -0.3 is 15.1 Å². The van der Waals surface area contributed by atoms with Gasteiger partial charge in [0.25, 0.3) is 5.91 Å². The van der Waals surface area contributed by atoms with Gasteiger partial charge in [0.15, 0.2) is 0 Å². The van der Waals surface area contributed by atoms with Gasteiger partial charge in [-0.15, -0.1) is 0 Å². The molecule has 0 spiro atoms. The standard InChI is InChI=1S/C12H14BrNO3/c1-7-12(17,6-15)10-5-8(13)3-4-9(10)11(16)14(7)2/h3-5,7,15,17H,6H2,1-2H3. The third-order valence-electron chi connectivity index (χ3n) is 3.51. The molecule has 0 aromatic heterocycles. The fraction of sp³-hybridized carbons (Fsp3) is 0.417. The van der Waals surface area contributed by atoms with Crippen molar-refractivity contribution >= 4 is 21.8 Å². The number of rotatable bonds is 1. The molecule has 0 bridgehead atoms. The minimum Gasteiger partial charge on any atom is -0.393 e. The molecule has 0 saturated carbocycles. The van der Waals surface area contributed by atoms with Crippen molar-refractivity contribution in [1.29, 1.82) is 0 Å². The van der Waals surface area contributed by atoms with Crippen LogP contribution in [-0.2, 0) is 5.60 Å². The predicted molar refractivity (Wildman–Crippen MR) is 66.7 cm³/mol. The van der Waals surface area contributed by atoms with E-state index in [4.69, 9.17) is 0 Å². The zero-order chi connectivity index (χ0) is 12.8. The summed E-state index contributed by atoms with van der Waals surface area (Å²) in [7, 11) is 1.62. The van der Waals surface area contributed by atoms with Crippen molar-refractivity contribution in [2.45, 2.75) is 18.6 Å². The molecular formula is C12H14BrNO3. The zero-order valence-corrected chi connectivity index (χ0v) is 11.2. The third-order valence-corrected chi connectivity index (χ3v) is 4.01. The van der Waals surface area contributed by atoms with E-state index in [9.17, 15) is 15.0 Å². The van der Waals surface area contributed by atoms with Crippen LogP contribution in [0.15, 0.2) is 22.7 Å². The van der Waals surface area contributed by atoms with Gasteiger partial charge in [-0.1, -0.05) is 15.9 Å². The average molecular weight is 300 g/mol. The lowest BCUT2D eigenvalue weighted by molar-refractivity contribution is -0.0762. The van der Waals surface area contributed by atoms with Crippen LogP contribution in [0.4, 0.5) is 0 Å². The fourth-order valence-electron chi connectivity index (χ4n) is 2.19. The monoisotopic (exact) mass is 299 g/mol. The molecule has 92 valence electrons. The van der Waals surface area contributed by atoms with Crippen molar-refractivity contribution in [2.24, 2.45) is 0 Å². The maximum absolute atomic E-state index is 12.1. The molecule has 0 saturated heterocycles. The fourth-order valence-corrected chi connectivity index (χ4v) is 2.55. The van der Waals surface area contributed by atoms with E-state index < -0.39 is 18.2 Å². The smallest absolute Gasteiger partial charge is 0.254 e. The Hall–Kier alpha value is -0.910. The summed E-state index contributed by atoms with van der Waals surface area (Å²) in [5.41, 5.74) is -0.503. The van der Waals surface area contributed by atoms with E-state index in [-0.39, 0.29) is 5.91 Å². The van der Waals surface area contributed by atoms with Gasteiger partial charge in [-0.2, -0.15) is 0 Å². The molecule has 0 fully saturated rings. The number of hydrogen-bond donors (Lipinski definition) is 2. The molecule has 0 radical (unpaired) electrons. The van der Waals surface area contributed by atoms with Crippen molar-refractivity contribution in [1.82, 2.24) is 4.90 Å². The molecule has 2 atom stereocenters. The van der Waals surface area contributed by atoms with Crippen LogP contribution < -0.4 is 0 Å². The third kappa shape index (κ3) is 1.69. The molecule has 5 heteroatoms. The SMILES string of the molecule is CC1N(C)C(=O)c2ccc(Br)cc2C1(O)CO. The lowest BCUT2D eigenvalue weighted by Crippen LogP contribution is -2.56. The average Bonchev–Trinajstić information content (AvgIpc) is 2.33. The Balaban J connectivity index is 2.70. The first-order valence-corrected chi connectivity index (χ1v) is 6.11. The van der Waals surface area contributed by atoms with Crippen LogP contribution in [0, 0.1) is 0 Å². The van der Waals surface area contributed by atoms with Crippen molar-refractivity contribution in [3.63, 3.8) is 0 Å². The highest BCUT2D eigenvalue weighted by Crippen LogP contribution is 2.37. The number of nitrogens with zero attached hydrogens (tertiary/aromatic N) is 1. The van der Waals surface area contributed by atoms with Gasteiger partial charge in [-0.05, 0) is 25.1 Å². The summed E-state index contributed by atoms with van der Waals surface area (Å²) in [6.07, 6.45) is 0. The maximum Gasteiger partial charge on any atom is 0.254 e. The molecule has 2 N–H and O–H groups in total. The van der Waals surface area contributed by atoms with E-state index in [2.05, 4.69) is 15.9 Å². The highest BCUT2D eigenvalue weighted by Gasteiger charge is 2.46. The Morgan fingerprint density at radius 2 is 2.18 bits per heavy atom. The van der Waals surface area contributed by atoms with Crippen LogP contribution in [0.5, 0.6) is 0 Å². The number of fused-ring (bicyclic) bond motifs is 1. The van der Waals surface area contributed by atoms with Crippen molar-refractivity contribution in [3.8, 4) is 0 Å². The van der Waals surface area contributed by atoms with E-state index in [0.717, 1.165) is 4.47 Å². The van der Waals surface area contributed by atoms with Crippen molar-refractivity contribution < 1.29 is 15.0 Å². The number of aliphatic hydroxyl groups is 2. The molecule has 0 aliphatic carbocycles. The molecule has 1 aliphatic heterocycles. The second-order valence-electron chi connectivity index (χ2n) is 4.36. The number of likely N-dealkylation sites (N-methyl/N-ethyl adjacent to an activating group) is 1. The lowest BCUT2D eigenvalue weighted by atomic mass is 9.80. The van der Waals surface area contributed by atoms with E-state index in [1.54, 1.807) is 32.2 Å². The van der Waals surface area contributed by atoms with Gasteiger partial charge >= 0.3 is 0 Å². The van der Waals surface area contributed by atoms with Crippen molar-refractivity contribution in [3.05, 3.63) is 33.8 Å². The first kappa shape index (κ1) is 12.5. The van der Waals surface area contributed by atoms with Gasteiger partial charge in [0.05, 0.1) is 12.6 Å². The normalized spacial score (nSPS) is 28.2. The van der Waals surface area contributed by atoms with Gasteiger partial charge in [0.1, 0.15) is 5.60 Å². The first-order valence-electron chi connectivity index (χ1n) is 5.32. The Morgan fingerprint density at radius 3 is 2.76 bits per heavy atom. The molecule has 1 aliphatic rings. The Bertz CT molecular complexity index is 477. The number of benzene rings is 1. The van der Waals surface area contributed by atoms with E-state index in [1.807, 2.05) is 0 Å². The van der Waals surface area contributed by atoms with Crippen LogP contribution in [0.1, 0.15) is 22.8 Å². The van der Waals surface area contributed by atoms with E-state index in [0.29, 0.717) is 11.1 Å². The second-order valence-corrected chi connectivity index (χ2v) is 5.28. The van der Waals surface area contributed by atoms with E-state index in [1.165, 1.54) is 4.90 Å². The van der Waals surface area contributed by atoms with Crippen LogP contribution in [0.25, 0.3) is 0 Å². The van der Waals surface area contributed by atoms with Gasteiger partial charge in [-0.3, -0.25) is 4.79 Å². The number of aliphatic hydroxyl groups excluding tert-OH is 1. The van der Waals surface area contributed by atoms with Crippen LogP contribution in [0.2, 0.25) is 0 Å². The largest absolute Gasteiger partial charge is 0.393 e. The molecule has 1 aromatic carbocycles. The molecule has 2 rings (SSSR count). The summed E-state index contributed by atoms with van der Waals surface area (Å²) in [5.74, 6) is -0.141. The number of halogens is 1. The second kappa shape index (κ2) is 4.08. The maximum atomic E-state index is 12.1. The van der Waals surface area contributed by atoms with Gasteiger partial charge in [0, 0.05) is 22.6 Å². The summed E-state index contributed by atoms with van der Waals surface area (Å²) in [4.78, 5) is 13.5. The molecule has 4 nitrogen and oxygen atoms in total. The van der Waals surface area contributed by atoms with Crippen LogP contribution in [0.3, 0.4) is 0 Å². The summed E-state index contributed by atoms with van der Waals surface area (Å²) in [6.45, 7) is 1.30. The molecular weight excluding hydrogens is 286 g/mol. The Labute approximate surface area is 108 Å². The van der Waals surface area contributed by atoms with Gasteiger partial charge in [0.2, 0.25) is 0 Å². The minimum atomic E-state index is -1.41. The van der Waals surface area contributed by atoms with Crippen LogP contribution in [-0.4, -0.2) is 40.7 Å². The Morgan fingerprint density at radius 1 is 1.53 bits per heavy atom. The topological polar surface area (TPSA) is 60.8 Å². The molecule has 1 amide bonds. The lowest BCUT2D eigenvalue weighted by Gasteiger charge is -2.43. The highest BCUT2D eigenvalue weighted by atomic mass is 79.9. The molecule has 1 heterocycles. The predicted octanol–water partition coefficient (Wildman–Crippen LogP) is 1.10. The van der Waals surface area contributed by atoms with Crippen LogP contribution >= 0.6 is 15.9 Å². The minimum absolute atomic E-state index is 0.141. The highest BCUT2D eigenvalue weighted by molar-refractivity contribution is 9.10. The molecule has 17 heavy (non-hydrogen) atoms. The molecule has 2 unspecified atom stereocenters. The number of hydrogen-bond acceptors (Lipinski definition) is 3. The summed E-state index contributed by atoms with van der Waals surface area (Å²) >= 11 is 3.31. The first-order chi connectivity index (χ1) is 7.91. The Kier molecular flexibility index (Phi) is 3.01. The van der Waals surface area contributed by atoms with E-state index >= 15 is 0 Å². The summed E-state index contributed by atoms with van der Waals surface area (Å²) in [6, 6.07) is 4.62. The number of carbonyl (C=O) groups is 1. The zero-order valence-electron chi connectivity index (χ0n) is 9.64.